The van der Waals surface area contributed by atoms with Crippen LogP contribution in [0.25, 0.3) is 17.0 Å². The fourth-order valence-electron chi connectivity index (χ4n) is 3.35. The van der Waals surface area contributed by atoms with Crippen LogP contribution in [0, 0.1) is 11.3 Å². The van der Waals surface area contributed by atoms with E-state index in [0.29, 0.717) is 43.4 Å². The number of aryl methyl sites for hydroxylation is 1. The SMILES string of the molecule is N#CCCn1cc(C=CC(=O)Nc2ccc3c(c2)OCCCO3)c2ccccc21. The molecule has 6 heteroatoms. The number of anilines is 1. The molecule has 1 N–H and O–H groups in total. The zero-order chi connectivity index (χ0) is 20.1. The van der Waals surface area contributed by atoms with E-state index in [1.165, 1.54) is 6.08 Å². The van der Waals surface area contributed by atoms with E-state index in [4.69, 9.17) is 14.7 Å². The number of carbonyl (C=O) groups excluding carboxylic acids is 1. The lowest BCUT2D eigenvalue weighted by Gasteiger charge is -2.09. The van der Waals surface area contributed by atoms with Crippen LogP contribution in [0.5, 0.6) is 11.5 Å². The third kappa shape index (κ3) is 4.25. The Morgan fingerprint density at radius 2 is 2.00 bits per heavy atom. The molecule has 0 saturated carbocycles. The molecule has 146 valence electrons. The second kappa shape index (κ2) is 8.53. The van der Waals surface area contributed by atoms with Gasteiger partial charge < -0.3 is 19.4 Å². The third-order valence-corrected chi connectivity index (χ3v) is 4.71. The van der Waals surface area contributed by atoms with Crippen LogP contribution < -0.4 is 14.8 Å². The fraction of sp³-hybridized carbons (Fsp3) is 0.217. The highest BCUT2D eigenvalue weighted by Gasteiger charge is 2.11. The summed E-state index contributed by atoms with van der Waals surface area (Å²) in [6.45, 7) is 1.85. The summed E-state index contributed by atoms with van der Waals surface area (Å²) >= 11 is 0. The lowest BCUT2D eigenvalue weighted by molar-refractivity contribution is -0.111. The van der Waals surface area contributed by atoms with Crippen LogP contribution in [0.4, 0.5) is 5.69 Å². The first-order valence-electron chi connectivity index (χ1n) is 9.58. The molecule has 2 aromatic carbocycles. The molecular weight excluding hydrogens is 366 g/mol. The molecular formula is C23H21N3O3. The van der Waals surface area contributed by atoms with Crippen molar-refractivity contribution in [2.24, 2.45) is 0 Å². The van der Waals surface area contributed by atoms with Crippen LogP contribution >= 0.6 is 0 Å². The molecule has 3 aromatic rings. The van der Waals surface area contributed by atoms with Crippen LogP contribution in [-0.2, 0) is 11.3 Å². The second-order valence-electron chi connectivity index (χ2n) is 6.74. The van der Waals surface area contributed by atoms with Crippen molar-refractivity contribution in [3.63, 3.8) is 0 Å². The molecule has 29 heavy (non-hydrogen) atoms. The smallest absolute Gasteiger partial charge is 0.248 e. The van der Waals surface area contributed by atoms with Crippen molar-refractivity contribution in [1.29, 1.82) is 5.26 Å². The number of nitrogens with zero attached hydrogens (tertiary/aromatic N) is 2. The number of ether oxygens (including phenoxy) is 2. The minimum absolute atomic E-state index is 0.228. The predicted octanol–water partition coefficient (Wildman–Crippen LogP) is 4.37. The summed E-state index contributed by atoms with van der Waals surface area (Å²) in [5, 5.41) is 12.8. The topological polar surface area (TPSA) is 76.3 Å². The van der Waals surface area contributed by atoms with Gasteiger partial charge in [0, 0.05) is 53.5 Å². The third-order valence-electron chi connectivity index (χ3n) is 4.71. The maximum Gasteiger partial charge on any atom is 0.248 e. The standard InChI is InChI=1S/C23H21N3O3/c24-11-3-12-26-16-17(19-5-1-2-6-20(19)26)7-10-23(27)25-18-8-9-21-22(15-18)29-14-4-13-28-21/h1-2,5-10,15-16H,3-4,12-14H2,(H,25,27). The van der Waals surface area contributed by atoms with Crippen LogP contribution in [0.1, 0.15) is 18.4 Å². The minimum Gasteiger partial charge on any atom is -0.490 e. The van der Waals surface area contributed by atoms with Gasteiger partial charge in [0.1, 0.15) is 0 Å². The molecule has 1 aliphatic rings. The Labute approximate surface area is 169 Å². The lowest BCUT2D eigenvalue weighted by atomic mass is 10.1. The summed E-state index contributed by atoms with van der Waals surface area (Å²) in [5.74, 6) is 1.11. The first kappa shape index (κ1) is 18.6. The Morgan fingerprint density at radius 1 is 1.17 bits per heavy atom. The van der Waals surface area contributed by atoms with Gasteiger partial charge in [0.25, 0.3) is 0 Å². The number of aromatic nitrogens is 1. The summed E-state index contributed by atoms with van der Waals surface area (Å²) < 4.78 is 13.3. The summed E-state index contributed by atoms with van der Waals surface area (Å²) in [6, 6.07) is 15.5. The van der Waals surface area contributed by atoms with Gasteiger partial charge in [-0.3, -0.25) is 4.79 Å². The van der Waals surface area contributed by atoms with Crippen molar-refractivity contribution in [3.05, 3.63) is 60.3 Å². The molecule has 2 heterocycles. The molecule has 0 aliphatic carbocycles. The van der Waals surface area contributed by atoms with Crippen LogP contribution in [-0.4, -0.2) is 23.7 Å². The maximum atomic E-state index is 12.4. The van der Waals surface area contributed by atoms with E-state index < -0.39 is 0 Å². The average molecular weight is 387 g/mol. The summed E-state index contributed by atoms with van der Waals surface area (Å²) in [7, 11) is 0. The number of hydrogen-bond acceptors (Lipinski definition) is 4. The number of para-hydroxylation sites is 1. The van der Waals surface area contributed by atoms with Crippen molar-refractivity contribution in [2.45, 2.75) is 19.4 Å². The Morgan fingerprint density at radius 3 is 2.86 bits per heavy atom. The number of benzene rings is 2. The lowest BCUT2D eigenvalue weighted by Crippen LogP contribution is -2.07. The van der Waals surface area contributed by atoms with Gasteiger partial charge in [-0.05, 0) is 24.3 Å². The Kier molecular flexibility index (Phi) is 5.48. The Bertz CT molecular complexity index is 1110. The molecule has 1 amide bonds. The first-order valence-corrected chi connectivity index (χ1v) is 9.58. The summed E-state index contributed by atoms with van der Waals surface area (Å²) in [6.07, 6.45) is 6.55. The molecule has 0 bridgehead atoms. The number of amides is 1. The molecule has 1 aromatic heterocycles. The number of nitrogens with one attached hydrogen (secondary N) is 1. The van der Waals surface area contributed by atoms with Crippen molar-refractivity contribution in [3.8, 4) is 17.6 Å². The molecule has 0 atom stereocenters. The van der Waals surface area contributed by atoms with Gasteiger partial charge in [-0.1, -0.05) is 18.2 Å². The second-order valence-corrected chi connectivity index (χ2v) is 6.74. The number of hydrogen-bond donors (Lipinski definition) is 1. The fourth-order valence-corrected chi connectivity index (χ4v) is 3.35. The van der Waals surface area contributed by atoms with Crippen LogP contribution in [0.2, 0.25) is 0 Å². The van der Waals surface area contributed by atoms with Gasteiger partial charge in [0.05, 0.1) is 25.7 Å². The van der Waals surface area contributed by atoms with Crippen LogP contribution in [0.15, 0.2) is 54.7 Å². The molecule has 1 aliphatic heterocycles. The molecule has 0 unspecified atom stereocenters. The minimum atomic E-state index is -0.228. The largest absolute Gasteiger partial charge is 0.490 e. The predicted molar refractivity (Wildman–Crippen MR) is 112 cm³/mol. The van der Waals surface area contributed by atoms with Gasteiger partial charge >= 0.3 is 0 Å². The molecule has 0 fully saturated rings. The molecule has 0 radical (unpaired) electrons. The Hall–Kier alpha value is -3.72. The molecule has 6 nitrogen and oxygen atoms in total. The average Bonchev–Trinajstić information content (AvgIpc) is 2.91. The summed E-state index contributed by atoms with van der Waals surface area (Å²) in [5.41, 5.74) is 2.64. The molecule has 0 saturated heterocycles. The normalized spacial score (nSPS) is 13.2. The van der Waals surface area contributed by atoms with Crippen molar-refractivity contribution in [2.75, 3.05) is 18.5 Å². The van der Waals surface area contributed by atoms with Gasteiger partial charge in [-0.15, -0.1) is 0 Å². The van der Waals surface area contributed by atoms with E-state index in [2.05, 4.69) is 11.4 Å². The van der Waals surface area contributed by atoms with E-state index in [0.717, 1.165) is 22.9 Å². The van der Waals surface area contributed by atoms with Gasteiger partial charge in [-0.25, -0.2) is 0 Å². The molecule has 4 rings (SSSR count). The Balaban J connectivity index is 1.50. The van der Waals surface area contributed by atoms with Crippen molar-refractivity contribution < 1.29 is 14.3 Å². The quantitative estimate of drug-likeness (QED) is 0.660. The summed E-state index contributed by atoms with van der Waals surface area (Å²) in [4.78, 5) is 12.4. The monoisotopic (exact) mass is 387 g/mol. The number of rotatable bonds is 5. The van der Waals surface area contributed by atoms with Crippen molar-refractivity contribution >= 4 is 28.6 Å². The van der Waals surface area contributed by atoms with Crippen LogP contribution in [0.3, 0.4) is 0 Å². The molecule has 0 spiro atoms. The van der Waals surface area contributed by atoms with Crippen molar-refractivity contribution in [1.82, 2.24) is 4.57 Å². The van der Waals surface area contributed by atoms with Gasteiger partial charge in [0.2, 0.25) is 5.91 Å². The van der Waals surface area contributed by atoms with E-state index in [1.807, 2.05) is 41.1 Å². The van der Waals surface area contributed by atoms with E-state index in [9.17, 15) is 4.79 Å². The van der Waals surface area contributed by atoms with Gasteiger partial charge in [0.15, 0.2) is 11.5 Å². The zero-order valence-electron chi connectivity index (χ0n) is 15.9. The number of nitriles is 1. The first-order chi connectivity index (χ1) is 14.2. The maximum absolute atomic E-state index is 12.4. The van der Waals surface area contributed by atoms with E-state index >= 15 is 0 Å². The van der Waals surface area contributed by atoms with E-state index in [1.54, 1.807) is 18.2 Å². The van der Waals surface area contributed by atoms with E-state index in [-0.39, 0.29) is 5.91 Å². The van der Waals surface area contributed by atoms with Gasteiger partial charge in [-0.2, -0.15) is 5.26 Å². The highest BCUT2D eigenvalue weighted by atomic mass is 16.5. The highest BCUT2D eigenvalue weighted by Crippen LogP contribution is 2.32. The number of fused-ring (bicyclic) bond motifs is 2. The number of carbonyl (C=O) groups is 1. The zero-order valence-corrected chi connectivity index (χ0v) is 15.9. The highest BCUT2D eigenvalue weighted by molar-refractivity contribution is 6.03.